The molecule has 0 radical (unpaired) electrons. The second kappa shape index (κ2) is 5.17. The largest absolute Gasteiger partial charge is 0.392 e. The molecule has 1 N–H and O–H groups in total. The summed E-state index contributed by atoms with van der Waals surface area (Å²) in [6.07, 6.45) is 1.56. The van der Waals surface area contributed by atoms with Crippen molar-refractivity contribution >= 4 is 23.1 Å². The van der Waals surface area contributed by atoms with Crippen molar-refractivity contribution in [3.8, 4) is 0 Å². The summed E-state index contributed by atoms with van der Waals surface area (Å²) in [4.78, 5) is 6.19. The van der Waals surface area contributed by atoms with Crippen LogP contribution in [0.1, 0.15) is 5.56 Å². The fourth-order valence-electron chi connectivity index (χ4n) is 1.56. The molecule has 0 aliphatic carbocycles. The Morgan fingerprint density at radius 2 is 2.00 bits per heavy atom. The van der Waals surface area contributed by atoms with Crippen LogP contribution in [-0.4, -0.2) is 17.1 Å². The molecule has 0 saturated carbocycles. The van der Waals surface area contributed by atoms with Gasteiger partial charge in [0.25, 0.3) is 0 Å². The van der Waals surface area contributed by atoms with Gasteiger partial charge in [0, 0.05) is 24.5 Å². The average molecular weight is 249 g/mol. The molecule has 0 bridgehead atoms. The van der Waals surface area contributed by atoms with Gasteiger partial charge in [0.15, 0.2) is 0 Å². The van der Waals surface area contributed by atoms with Crippen LogP contribution in [0.4, 0.5) is 11.5 Å². The lowest BCUT2D eigenvalue weighted by Crippen LogP contribution is -2.11. The average Bonchev–Trinajstić information content (AvgIpc) is 2.39. The highest BCUT2D eigenvalue weighted by molar-refractivity contribution is 6.31. The number of hydrogen-bond donors (Lipinski definition) is 1. The van der Waals surface area contributed by atoms with Gasteiger partial charge in [-0.3, -0.25) is 0 Å². The predicted molar refractivity (Wildman–Crippen MR) is 69.7 cm³/mol. The smallest absolute Gasteiger partial charge is 0.133 e. The Bertz CT molecular complexity index is 502. The van der Waals surface area contributed by atoms with E-state index in [1.807, 2.05) is 42.3 Å². The van der Waals surface area contributed by atoms with Crippen molar-refractivity contribution in [3.05, 3.63) is 53.2 Å². The number of aliphatic hydroxyl groups excluding tert-OH is 1. The van der Waals surface area contributed by atoms with E-state index in [-0.39, 0.29) is 6.61 Å². The van der Waals surface area contributed by atoms with Crippen LogP contribution in [0.15, 0.2) is 42.6 Å². The zero-order chi connectivity index (χ0) is 12.3. The van der Waals surface area contributed by atoms with Crippen molar-refractivity contribution in [2.75, 3.05) is 11.9 Å². The van der Waals surface area contributed by atoms with Crippen LogP contribution in [0.2, 0.25) is 5.02 Å². The maximum absolute atomic E-state index is 9.16. The Morgan fingerprint density at radius 3 is 2.65 bits per heavy atom. The fraction of sp³-hybridized carbons (Fsp3) is 0.154. The standard InChI is InChI=1S/C13H13ClN2O/c1-16(11-5-3-2-4-6-11)13-7-10(9-17)12(14)8-15-13/h2-8,17H,9H2,1H3. The van der Waals surface area contributed by atoms with Crippen LogP contribution in [0.3, 0.4) is 0 Å². The van der Waals surface area contributed by atoms with Gasteiger partial charge in [-0.25, -0.2) is 4.98 Å². The SMILES string of the molecule is CN(c1ccccc1)c1cc(CO)c(Cl)cn1. The molecule has 3 nitrogen and oxygen atoms in total. The highest BCUT2D eigenvalue weighted by Crippen LogP contribution is 2.24. The second-order valence-corrected chi connectivity index (χ2v) is 4.09. The summed E-state index contributed by atoms with van der Waals surface area (Å²) in [6, 6.07) is 11.7. The lowest BCUT2D eigenvalue weighted by Gasteiger charge is -2.19. The van der Waals surface area contributed by atoms with E-state index in [4.69, 9.17) is 16.7 Å². The summed E-state index contributed by atoms with van der Waals surface area (Å²) in [5, 5.41) is 9.65. The Hall–Kier alpha value is -1.58. The Balaban J connectivity index is 2.34. The van der Waals surface area contributed by atoms with Crippen LogP contribution in [0, 0.1) is 0 Å². The monoisotopic (exact) mass is 248 g/mol. The van der Waals surface area contributed by atoms with Crippen LogP contribution in [0.25, 0.3) is 0 Å². The Kier molecular flexibility index (Phi) is 3.61. The minimum absolute atomic E-state index is 0.0863. The van der Waals surface area contributed by atoms with Crippen LogP contribution in [-0.2, 0) is 6.61 Å². The molecule has 0 aliphatic rings. The van der Waals surface area contributed by atoms with E-state index in [0.29, 0.717) is 10.6 Å². The van der Waals surface area contributed by atoms with Gasteiger partial charge in [-0.1, -0.05) is 29.8 Å². The topological polar surface area (TPSA) is 36.4 Å². The zero-order valence-electron chi connectivity index (χ0n) is 9.47. The van der Waals surface area contributed by atoms with Crippen molar-refractivity contribution in [1.29, 1.82) is 0 Å². The first kappa shape index (κ1) is 11.9. The molecule has 1 aromatic heterocycles. The van der Waals surface area contributed by atoms with E-state index in [2.05, 4.69) is 4.98 Å². The molecule has 2 rings (SSSR count). The molecule has 0 spiro atoms. The highest BCUT2D eigenvalue weighted by Gasteiger charge is 2.07. The molecule has 0 amide bonds. The summed E-state index contributed by atoms with van der Waals surface area (Å²) in [5.74, 6) is 0.754. The highest BCUT2D eigenvalue weighted by atomic mass is 35.5. The number of rotatable bonds is 3. The van der Waals surface area contributed by atoms with Gasteiger partial charge in [0.2, 0.25) is 0 Å². The minimum Gasteiger partial charge on any atom is -0.392 e. The molecule has 0 saturated heterocycles. The first-order valence-corrected chi connectivity index (χ1v) is 5.64. The van der Waals surface area contributed by atoms with Crippen molar-refractivity contribution in [1.82, 2.24) is 4.98 Å². The number of benzene rings is 1. The van der Waals surface area contributed by atoms with E-state index in [9.17, 15) is 0 Å². The van der Waals surface area contributed by atoms with Gasteiger partial charge >= 0.3 is 0 Å². The quantitative estimate of drug-likeness (QED) is 0.907. The number of hydrogen-bond acceptors (Lipinski definition) is 3. The molecule has 4 heteroatoms. The number of nitrogens with zero attached hydrogens (tertiary/aromatic N) is 2. The van der Waals surface area contributed by atoms with Crippen molar-refractivity contribution in [3.63, 3.8) is 0 Å². The summed E-state index contributed by atoms with van der Waals surface area (Å²) in [5.41, 5.74) is 1.71. The van der Waals surface area contributed by atoms with Crippen LogP contribution < -0.4 is 4.90 Å². The third kappa shape index (κ3) is 2.57. The summed E-state index contributed by atoms with van der Waals surface area (Å²) < 4.78 is 0. The molecule has 0 atom stereocenters. The molecule has 1 aromatic carbocycles. The molecule has 0 unspecified atom stereocenters. The molecule has 17 heavy (non-hydrogen) atoms. The van der Waals surface area contributed by atoms with Crippen LogP contribution >= 0.6 is 11.6 Å². The molecular weight excluding hydrogens is 236 g/mol. The van der Waals surface area contributed by atoms with Crippen molar-refractivity contribution in [2.45, 2.75) is 6.61 Å². The van der Waals surface area contributed by atoms with Gasteiger partial charge in [0.1, 0.15) is 5.82 Å². The lowest BCUT2D eigenvalue weighted by molar-refractivity contribution is 0.282. The van der Waals surface area contributed by atoms with E-state index in [1.165, 1.54) is 0 Å². The maximum Gasteiger partial charge on any atom is 0.133 e. The summed E-state index contributed by atoms with van der Waals surface area (Å²) in [7, 11) is 1.92. The van der Waals surface area contributed by atoms with Gasteiger partial charge in [-0.05, 0) is 18.2 Å². The number of pyridine rings is 1. The first-order valence-electron chi connectivity index (χ1n) is 5.26. The number of para-hydroxylation sites is 1. The van der Waals surface area contributed by atoms with Gasteiger partial charge in [0.05, 0.1) is 11.6 Å². The number of aromatic nitrogens is 1. The van der Waals surface area contributed by atoms with Crippen molar-refractivity contribution in [2.24, 2.45) is 0 Å². The second-order valence-electron chi connectivity index (χ2n) is 3.69. The fourth-order valence-corrected chi connectivity index (χ4v) is 1.72. The predicted octanol–water partition coefficient (Wildman–Crippen LogP) is 3.00. The van der Waals surface area contributed by atoms with E-state index in [1.54, 1.807) is 12.3 Å². The normalized spacial score (nSPS) is 10.3. The molecule has 88 valence electrons. The molecule has 2 aromatic rings. The van der Waals surface area contributed by atoms with E-state index < -0.39 is 0 Å². The summed E-state index contributed by atoms with van der Waals surface area (Å²) in [6.45, 7) is -0.0863. The maximum atomic E-state index is 9.16. The third-order valence-corrected chi connectivity index (χ3v) is 2.92. The van der Waals surface area contributed by atoms with Crippen LogP contribution in [0.5, 0.6) is 0 Å². The first-order chi connectivity index (χ1) is 8.22. The molecule has 1 heterocycles. The van der Waals surface area contributed by atoms with Crippen molar-refractivity contribution < 1.29 is 5.11 Å². The molecular formula is C13H13ClN2O. The van der Waals surface area contributed by atoms with Gasteiger partial charge in [-0.15, -0.1) is 0 Å². The lowest BCUT2D eigenvalue weighted by atomic mass is 10.2. The Morgan fingerprint density at radius 1 is 1.29 bits per heavy atom. The molecule has 0 fully saturated rings. The van der Waals surface area contributed by atoms with Gasteiger partial charge in [-0.2, -0.15) is 0 Å². The third-order valence-electron chi connectivity index (χ3n) is 2.58. The number of aliphatic hydroxyl groups is 1. The molecule has 0 aliphatic heterocycles. The number of halogens is 1. The van der Waals surface area contributed by atoms with E-state index >= 15 is 0 Å². The van der Waals surface area contributed by atoms with E-state index in [0.717, 1.165) is 11.5 Å². The number of anilines is 2. The Labute approximate surface area is 105 Å². The summed E-state index contributed by atoms with van der Waals surface area (Å²) >= 11 is 5.91. The van der Waals surface area contributed by atoms with Gasteiger partial charge < -0.3 is 10.0 Å². The zero-order valence-corrected chi connectivity index (χ0v) is 10.2. The minimum atomic E-state index is -0.0863.